The summed E-state index contributed by atoms with van der Waals surface area (Å²) in [6.45, 7) is 2.47. The van der Waals surface area contributed by atoms with Crippen molar-refractivity contribution in [3.05, 3.63) is 35.4 Å². The molecule has 3 heteroatoms. The first-order chi connectivity index (χ1) is 9.13. The van der Waals surface area contributed by atoms with Crippen LogP contribution >= 0.6 is 0 Å². The van der Waals surface area contributed by atoms with E-state index in [1.165, 1.54) is 12.8 Å². The number of nitrogens with two attached hydrogens (primary N) is 1. The second kappa shape index (κ2) is 5.90. The van der Waals surface area contributed by atoms with Crippen molar-refractivity contribution in [3.63, 3.8) is 0 Å². The number of nitrogens with one attached hydrogen (secondary N) is 1. The second-order valence-corrected chi connectivity index (χ2v) is 5.31. The Morgan fingerprint density at radius 2 is 1.95 bits per heavy atom. The summed E-state index contributed by atoms with van der Waals surface area (Å²) in [4.78, 5) is 12.2. The predicted octanol–water partition coefficient (Wildman–Crippen LogP) is 2.06. The summed E-state index contributed by atoms with van der Waals surface area (Å²) in [6.07, 6.45) is 4.53. The average molecular weight is 256 g/mol. The highest BCUT2D eigenvalue weighted by Crippen LogP contribution is 2.29. The smallest absolute Gasteiger partial charge is 0.251 e. The maximum Gasteiger partial charge on any atom is 0.251 e. The molecule has 0 atom stereocenters. The molecule has 100 valence electrons. The van der Waals surface area contributed by atoms with Crippen molar-refractivity contribution in [2.24, 2.45) is 5.73 Å². The molecule has 0 saturated heterocycles. The van der Waals surface area contributed by atoms with Gasteiger partial charge in [-0.25, -0.2) is 0 Å². The fraction of sp³-hybridized carbons (Fsp3) is 0.438. The van der Waals surface area contributed by atoms with Gasteiger partial charge < -0.3 is 11.1 Å². The number of hydrogen-bond acceptors (Lipinski definition) is 2. The topological polar surface area (TPSA) is 55.1 Å². The molecule has 0 spiro atoms. The van der Waals surface area contributed by atoms with E-state index in [1.54, 1.807) is 0 Å². The van der Waals surface area contributed by atoms with Crippen LogP contribution < -0.4 is 11.1 Å². The van der Waals surface area contributed by atoms with Crippen LogP contribution in [-0.4, -0.2) is 18.0 Å². The molecule has 1 aromatic rings. The number of amides is 1. The molecule has 0 radical (unpaired) electrons. The quantitative estimate of drug-likeness (QED) is 0.796. The SMILES string of the molecule is CC1(NC(=O)c2ccc(C#CCN)cc2)CCCC1. The molecule has 1 aromatic carbocycles. The van der Waals surface area contributed by atoms with Crippen molar-refractivity contribution < 1.29 is 4.79 Å². The molecule has 0 aromatic heterocycles. The Kier molecular flexibility index (Phi) is 4.24. The lowest BCUT2D eigenvalue weighted by atomic mass is 10.00. The van der Waals surface area contributed by atoms with Gasteiger partial charge in [-0.3, -0.25) is 4.79 Å². The Hall–Kier alpha value is -1.79. The van der Waals surface area contributed by atoms with E-state index in [0.717, 1.165) is 18.4 Å². The number of carbonyl (C=O) groups is 1. The molecular weight excluding hydrogens is 236 g/mol. The third-order valence-electron chi connectivity index (χ3n) is 3.60. The number of benzene rings is 1. The highest BCUT2D eigenvalue weighted by atomic mass is 16.1. The third kappa shape index (κ3) is 3.59. The van der Waals surface area contributed by atoms with Gasteiger partial charge in [-0.1, -0.05) is 24.7 Å². The summed E-state index contributed by atoms with van der Waals surface area (Å²) in [5.74, 6) is 5.74. The molecule has 0 aliphatic heterocycles. The van der Waals surface area contributed by atoms with Crippen LogP contribution in [0.4, 0.5) is 0 Å². The second-order valence-electron chi connectivity index (χ2n) is 5.31. The van der Waals surface area contributed by atoms with Crippen LogP contribution in [0, 0.1) is 11.8 Å². The molecular formula is C16H20N2O. The molecule has 0 unspecified atom stereocenters. The zero-order valence-electron chi connectivity index (χ0n) is 11.3. The van der Waals surface area contributed by atoms with Gasteiger partial charge in [0.2, 0.25) is 0 Å². The molecule has 1 aliphatic carbocycles. The van der Waals surface area contributed by atoms with Crippen molar-refractivity contribution in [1.29, 1.82) is 0 Å². The molecule has 2 rings (SSSR count). The van der Waals surface area contributed by atoms with Gasteiger partial charge in [0.05, 0.1) is 6.54 Å². The Morgan fingerprint density at radius 1 is 1.32 bits per heavy atom. The van der Waals surface area contributed by atoms with Gasteiger partial charge in [0.25, 0.3) is 5.91 Å². The lowest BCUT2D eigenvalue weighted by Crippen LogP contribution is -2.43. The van der Waals surface area contributed by atoms with Crippen molar-refractivity contribution >= 4 is 5.91 Å². The Labute approximate surface area is 114 Å². The first kappa shape index (κ1) is 13.6. The normalized spacial score (nSPS) is 16.5. The standard InChI is InChI=1S/C16H20N2O/c1-16(10-2-3-11-16)18-15(19)14-8-6-13(7-9-14)5-4-12-17/h6-9H,2-3,10-12,17H2,1H3,(H,18,19). The number of carbonyl (C=O) groups excluding carboxylic acids is 1. The zero-order chi connectivity index (χ0) is 13.7. The van der Waals surface area contributed by atoms with E-state index in [4.69, 9.17) is 5.73 Å². The molecule has 3 N–H and O–H groups in total. The Bertz CT molecular complexity index is 502. The van der Waals surface area contributed by atoms with E-state index in [0.29, 0.717) is 12.1 Å². The fourth-order valence-electron chi connectivity index (χ4n) is 2.48. The van der Waals surface area contributed by atoms with E-state index < -0.39 is 0 Å². The van der Waals surface area contributed by atoms with Gasteiger partial charge in [-0.05, 0) is 44.0 Å². The lowest BCUT2D eigenvalue weighted by molar-refractivity contribution is 0.0908. The maximum atomic E-state index is 12.2. The van der Waals surface area contributed by atoms with Crippen LogP contribution in [0.3, 0.4) is 0 Å². The van der Waals surface area contributed by atoms with Crippen molar-refractivity contribution in [2.45, 2.75) is 38.1 Å². The van der Waals surface area contributed by atoms with Crippen LogP contribution in [0.1, 0.15) is 48.5 Å². The summed E-state index contributed by atoms with van der Waals surface area (Å²) < 4.78 is 0. The summed E-state index contributed by atoms with van der Waals surface area (Å²) in [5.41, 5.74) is 6.86. The molecule has 1 aliphatic rings. The predicted molar refractivity (Wildman–Crippen MR) is 76.7 cm³/mol. The Morgan fingerprint density at radius 3 is 2.53 bits per heavy atom. The van der Waals surface area contributed by atoms with E-state index in [1.807, 2.05) is 24.3 Å². The maximum absolute atomic E-state index is 12.2. The lowest BCUT2D eigenvalue weighted by Gasteiger charge is -2.25. The molecule has 19 heavy (non-hydrogen) atoms. The van der Waals surface area contributed by atoms with Crippen LogP contribution in [0.15, 0.2) is 24.3 Å². The molecule has 3 nitrogen and oxygen atoms in total. The van der Waals surface area contributed by atoms with Crippen LogP contribution in [0.2, 0.25) is 0 Å². The molecule has 1 amide bonds. The highest BCUT2D eigenvalue weighted by Gasteiger charge is 2.30. The van der Waals surface area contributed by atoms with Crippen molar-refractivity contribution in [2.75, 3.05) is 6.54 Å². The van der Waals surface area contributed by atoms with Gasteiger partial charge in [-0.15, -0.1) is 0 Å². The van der Waals surface area contributed by atoms with E-state index in [9.17, 15) is 4.79 Å². The number of hydrogen-bond donors (Lipinski definition) is 2. The molecule has 0 heterocycles. The van der Waals surface area contributed by atoms with Crippen LogP contribution in [0.5, 0.6) is 0 Å². The average Bonchev–Trinajstić information content (AvgIpc) is 2.83. The van der Waals surface area contributed by atoms with Crippen LogP contribution in [-0.2, 0) is 0 Å². The monoisotopic (exact) mass is 256 g/mol. The van der Waals surface area contributed by atoms with Crippen molar-refractivity contribution in [3.8, 4) is 11.8 Å². The van der Waals surface area contributed by atoms with Gasteiger partial charge in [-0.2, -0.15) is 0 Å². The van der Waals surface area contributed by atoms with E-state index in [2.05, 4.69) is 24.1 Å². The first-order valence-electron chi connectivity index (χ1n) is 6.74. The molecule has 0 bridgehead atoms. The van der Waals surface area contributed by atoms with Gasteiger partial charge in [0, 0.05) is 16.7 Å². The molecule has 1 fully saturated rings. The summed E-state index contributed by atoms with van der Waals surface area (Å²) in [6, 6.07) is 7.34. The summed E-state index contributed by atoms with van der Waals surface area (Å²) in [7, 11) is 0. The zero-order valence-corrected chi connectivity index (χ0v) is 11.3. The minimum Gasteiger partial charge on any atom is -0.347 e. The summed E-state index contributed by atoms with van der Waals surface area (Å²) >= 11 is 0. The minimum atomic E-state index is -0.0326. The van der Waals surface area contributed by atoms with Gasteiger partial charge in [0.15, 0.2) is 0 Å². The molecule has 1 saturated carbocycles. The van der Waals surface area contributed by atoms with Gasteiger partial charge in [0.1, 0.15) is 0 Å². The Balaban J connectivity index is 2.03. The van der Waals surface area contributed by atoms with Crippen LogP contribution in [0.25, 0.3) is 0 Å². The van der Waals surface area contributed by atoms with E-state index in [-0.39, 0.29) is 11.4 Å². The minimum absolute atomic E-state index is 0.00253. The third-order valence-corrected chi connectivity index (χ3v) is 3.60. The fourth-order valence-corrected chi connectivity index (χ4v) is 2.48. The number of rotatable bonds is 2. The largest absolute Gasteiger partial charge is 0.347 e. The van der Waals surface area contributed by atoms with Crippen molar-refractivity contribution in [1.82, 2.24) is 5.32 Å². The summed E-state index contributed by atoms with van der Waals surface area (Å²) in [5, 5.41) is 3.14. The first-order valence-corrected chi connectivity index (χ1v) is 6.74. The highest BCUT2D eigenvalue weighted by molar-refractivity contribution is 5.94. The van der Waals surface area contributed by atoms with Gasteiger partial charge >= 0.3 is 0 Å². The van der Waals surface area contributed by atoms with E-state index >= 15 is 0 Å².